The Morgan fingerprint density at radius 3 is 2.43 bits per heavy atom. The van der Waals surface area contributed by atoms with Crippen molar-refractivity contribution in [2.45, 2.75) is 65.2 Å². The molecule has 2 aliphatic heterocycles. The van der Waals surface area contributed by atoms with Gasteiger partial charge in [-0.15, -0.1) is 0 Å². The van der Waals surface area contributed by atoms with E-state index in [1.165, 1.54) is 31.4 Å². The number of piperidine rings is 1. The molecule has 2 aromatic heterocycles. The van der Waals surface area contributed by atoms with E-state index in [-0.39, 0.29) is 0 Å². The van der Waals surface area contributed by atoms with Crippen LogP contribution in [0, 0.1) is 13.8 Å². The first kappa shape index (κ1) is 19.1. The first-order valence-electron chi connectivity index (χ1n) is 10.8. The van der Waals surface area contributed by atoms with Gasteiger partial charge in [-0.2, -0.15) is 0 Å². The molecule has 4 rings (SSSR count). The molecule has 2 aromatic rings. The fourth-order valence-electron chi connectivity index (χ4n) is 4.43. The standard InChI is InChI=1S/C22H32N6/c1-4-8-20-23-16(2)13-21(26-20)28-12-7-9-18(15-28)19-14-22(25-17(3)24-19)27-10-5-6-11-27/h13-14,18H,4-12,15H2,1-3H3/t18-/m1/s1. The van der Waals surface area contributed by atoms with Crippen LogP contribution in [0.2, 0.25) is 0 Å². The molecule has 2 aliphatic rings. The summed E-state index contributed by atoms with van der Waals surface area (Å²) in [7, 11) is 0. The molecule has 0 saturated carbocycles. The van der Waals surface area contributed by atoms with Gasteiger partial charge in [0.1, 0.15) is 23.3 Å². The van der Waals surface area contributed by atoms with Crippen molar-refractivity contribution in [3.05, 3.63) is 35.2 Å². The van der Waals surface area contributed by atoms with E-state index in [0.29, 0.717) is 5.92 Å². The molecule has 2 fully saturated rings. The number of aryl methyl sites for hydroxylation is 3. The summed E-state index contributed by atoms with van der Waals surface area (Å²) >= 11 is 0. The maximum absolute atomic E-state index is 4.85. The lowest BCUT2D eigenvalue weighted by molar-refractivity contribution is 0.496. The highest BCUT2D eigenvalue weighted by Gasteiger charge is 2.25. The molecule has 2 saturated heterocycles. The summed E-state index contributed by atoms with van der Waals surface area (Å²) in [5.74, 6) is 4.47. The summed E-state index contributed by atoms with van der Waals surface area (Å²) in [5, 5.41) is 0. The Hall–Kier alpha value is -2.24. The smallest absolute Gasteiger partial charge is 0.132 e. The second-order valence-corrected chi connectivity index (χ2v) is 8.21. The maximum Gasteiger partial charge on any atom is 0.132 e. The molecule has 4 heterocycles. The average molecular weight is 381 g/mol. The third kappa shape index (κ3) is 4.26. The molecule has 1 atom stereocenters. The first-order valence-corrected chi connectivity index (χ1v) is 10.8. The Balaban J connectivity index is 1.56. The van der Waals surface area contributed by atoms with Crippen LogP contribution in [-0.4, -0.2) is 46.1 Å². The predicted octanol–water partition coefficient (Wildman–Crippen LogP) is 3.82. The second kappa shape index (κ2) is 8.41. The molecular formula is C22H32N6. The van der Waals surface area contributed by atoms with Gasteiger partial charge in [-0.1, -0.05) is 6.92 Å². The van der Waals surface area contributed by atoms with Gasteiger partial charge in [-0.25, -0.2) is 19.9 Å². The quantitative estimate of drug-likeness (QED) is 0.786. The SMILES string of the molecule is CCCc1nc(C)cc(N2CCC[C@@H](c3cc(N4CCCC4)nc(C)n3)C2)n1. The van der Waals surface area contributed by atoms with Crippen LogP contribution in [0.1, 0.15) is 68.0 Å². The fourth-order valence-corrected chi connectivity index (χ4v) is 4.43. The van der Waals surface area contributed by atoms with E-state index in [1.54, 1.807) is 0 Å². The van der Waals surface area contributed by atoms with Crippen LogP contribution in [0.5, 0.6) is 0 Å². The van der Waals surface area contributed by atoms with E-state index in [4.69, 9.17) is 15.0 Å². The molecule has 6 nitrogen and oxygen atoms in total. The van der Waals surface area contributed by atoms with Gasteiger partial charge < -0.3 is 9.80 Å². The van der Waals surface area contributed by atoms with Gasteiger partial charge in [0, 0.05) is 56.3 Å². The summed E-state index contributed by atoms with van der Waals surface area (Å²) in [6, 6.07) is 4.36. The largest absolute Gasteiger partial charge is 0.357 e. The summed E-state index contributed by atoms with van der Waals surface area (Å²) in [6.07, 6.45) is 6.89. The van der Waals surface area contributed by atoms with Crippen molar-refractivity contribution in [3.8, 4) is 0 Å². The molecule has 0 aromatic carbocycles. The molecule has 0 radical (unpaired) electrons. The number of anilines is 2. The van der Waals surface area contributed by atoms with Gasteiger partial charge in [0.05, 0.1) is 5.69 Å². The van der Waals surface area contributed by atoms with Crippen molar-refractivity contribution in [2.24, 2.45) is 0 Å². The number of aromatic nitrogens is 4. The zero-order valence-corrected chi connectivity index (χ0v) is 17.5. The number of nitrogens with zero attached hydrogens (tertiary/aromatic N) is 6. The van der Waals surface area contributed by atoms with Crippen LogP contribution in [0.3, 0.4) is 0 Å². The topological polar surface area (TPSA) is 58.0 Å². The minimum atomic E-state index is 0.432. The van der Waals surface area contributed by atoms with Crippen molar-refractivity contribution < 1.29 is 0 Å². The van der Waals surface area contributed by atoms with Gasteiger partial charge in [0.2, 0.25) is 0 Å². The average Bonchev–Trinajstić information content (AvgIpc) is 3.22. The summed E-state index contributed by atoms with van der Waals surface area (Å²) in [5.41, 5.74) is 2.25. The Kier molecular flexibility index (Phi) is 5.74. The minimum Gasteiger partial charge on any atom is -0.357 e. The van der Waals surface area contributed by atoms with E-state index in [0.717, 1.165) is 68.0 Å². The summed E-state index contributed by atoms with van der Waals surface area (Å²) in [6.45, 7) is 10.5. The highest BCUT2D eigenvalue weighted by Crippen LogP contribution is 2.30. The molecule has 28 heavy (non-hydrogen) atoms. The highest BCUT2D eigenvalue weighted by atomic mass is 15.2. The Morgan fingerprint density at radius 2 is 1.64 bits per heavy atom. The number of hydrogen-bond donors (Lipinski definition) is 0. The van der Waals surface area contributed by atoms with Gasteiger partial charge in [-0.05, 0) is 46.0 Å². The lowest BCUT2D eigenvalue weighted by Gasteiger charge is -2.34. The van der Waals surface area contributed by atoms with Crippen LogP contribution < -0.4 is 9.80 Å². The number of rotatable bonds is 5. The molecule has 0 unspecified atom stereocenters. The monoisotopic (exact) mass is 380 g/mol. The van der Waals surface area contributed by atoms with Crippen molar-refractivity contribution in [3.63, 3.8) is 0 Å². The fraction of sp³-hybridized carbons (Fsp3) is 0.636. The van der Waals surface area contributed by atoms with Crippen LogP contribution in [0.25, 0.3) is 0 Å². The lowest BCUT2D eigenvalue weighted by Crippen LogP contribution is -2.35. The molecule has 0 aliphatic carbocycles. The van der Waals surface area contributed by atoms with E-state index in [1.807, 2.05) is 6.92 Å². The van der Waals surface area contributed by atoms with Gasteiger partial charge in [0.25, 0.3) is 0 Å². The first-order chi connectivity index (χ1) is 13.6. The summed E-state index contributed by atoms with van der Waals surface area (Å²) < 4.78 is 0. The molecule has 0 N–H and O–H groups in total. The second-order valence-electron chi connectivity index (χ2n) is 8.21. The third-order valence-electron chi connectivity index (χ3n) is 5.80. The summed E-state index contributed by atoms with van der Waals surface area (Å²) in [4.78, 5) is 23.8. The van der Waals surface area contributed by atoms with Crippen molar-refractivity contribution >= 4 is 11.6 Å². The minimum absolute atomic E-state index is 0.432. The van der Waals surface area contributed by atoms with Crippen molar-refractivity contribution in [2.75, 3.05) is 36.0 Å². The third-order valence-corrected chi connectivity index (χ3v) is 5.80. The molecule has 0 bridgehead atoms. The van der Waals surface area contributed by atoms with E-state index in [9.17, 15) is 0 Å². The van der Waals surface area contributed by atoms with E-state index >= 15 is 0 Å². The van der Waals surface area contributed by atoms with Gasteiger partial charge >= 0.3 is 0 Å². The van der Waals surface area contributed by atoms with Crippen LogP contribution in [0.15, 0.2) is 12.1 Å². The van der Waals surface area contributed by atoms with Crippen molar-refractivity contribution in [1.82, 2.24) is 19.9 Å². The Labute approximate surface area is 168 Å². The van der Waals surface area contributed by atoms with Crippen LogP contribution >= 0.6 is 0 Å². The zero-order valence-electron chi connectivity index (χ0n) is 17.5. The van der Waals surface area contributed by atoms with Crippen LogP contribution in [-0.2, 0) is 6.42 Å². The molecular weight excluding hydrogens is 348 g/mol. The molecule has 6 heteroatoms. The Bertz CT molecular complexity index is 815. The van der Waals surface area contributed by atoms with Gasteiger partial charge in [-0.3, -0.25) is 0 Å². The maximum atomic E-state index is 4.85. The highest BCUT2D eigenvalue weighted by molar-refractivity contribution is 5.44. The molecule has 0 amide bonds. The van der Waals surface area contributed by atoms with Gasteiger partial charge in [0.15, 0.2) is 0 Å². The number of hydrogen-bond acceptors (Lipinski definition) is 6. The zero-order chi connectivity index (χ0) is 19.5. The van der Waals surface area contributed by atoms with Crippen LogP contribution in [0.4, 0.5) is 11.6 Å². The molecule has 0 spiro atoms. The lowest BCUT2D eigenvalue weighted by atomic mass is 9.94. The normalized spacial score (nSPS) is 20.0. The van der Waals surface area contributed by atoms with Crippen molar-refractivity contribution in [1.29, 1.82) is 0 Å². The predicted molar refractivity (Wildman–Crippen MR) is 113 cm³/mol. The van der Waals surface area contributed by atoms with E-state index < -0.39 is 0 Å². The van der Waals surface area contributed by atoms with E-state index in [2.05, 4.69) is 40.8 Å². The Morgan fingerprint density at radius 1 is 0.893 bits per heavy atom. The molecule has 150 valence electrons.